The molecule has 0 amide bonds. The highest BCUT2D eigenvalue weighted by Gasteiger charge is 2.22. The summed E-state index contributed by atoms with van der Waals surface area (Å²) in [5.41, 5.74) is 0. The lowest BCUT2D eigenvalue weighted by Crippen LogP contribution is -2.28. The van der Waals surface area contributed by atoms with E-state index < -0.39 is 0 Å². The highest BCUT2D eigenvalue weighted by Crippen LogP contribution is 2.31. The first-order chi connectivity index (χ1) is 28.9. The topological polar surface area (TPSA) is 68.2 Å². The zero-order valence-corrected chi connectivity index (χ0v) is 44.0. The maximum Gasteiger partial charge on any atom is 0.160 e. The first-order valence-corrected chi connectivity index (χ1v) is 27.2. The number of hydrogen-bond acceptors (Lipinski definition) is 5. The van der Waals surface area contributed by atoms with Crippen LogP contribution in [0.3, 0.4) is 0 Å². The Morgan fingerprint density at radius 2 is 0.557 bits per heavy atom. The van der Waals surface area contributed by atoms with E-state index in [-0.39, 0.29) is 24.8 Å². The molecule has 368 valence electrons. The molecular formula is C56H114O5. The third-order valence-corrected chi connectivity index (χ3v) is 13.6. The van der Waals surface area contributed by atoms with E-state index in [4.69, 9.17) is 14.2 Å². The van der Waals surface area contributed by atoms with Gasteiger partial charge in [0, 0.05) is 13.2 Å². The van der Waals surface area contributed by atoms with E-state index in [0.29, 0.717) is 23.7 Å². The third-order valence-electron chi connectivity index (χ3n) is 13.6. The highest BCUT2D eigenvalue weighted by molar-refractivity contribution is 4.71. The van der Waals surface area contributed by atoms with Gasteiger partial charge < -0.3 is 24.4 Å². The molecular weight excluding hydrogens is 753 g/mol. The summed E-state index contributed by atoms with van der Waals surface area (Å²) in [5.74, 6) is 7.03. The Bertz CT molecular complexity index is 853. The minimum Gasteiger partial charge on any atom is -0.393 e. The molecule has 0 saturated carbocycles. The van der Waals surface area contributed by atoms with Crippen LogP contribution in [0.5, 0.6) is 0 Å². The van der Waals surface area contributed by atoms with Crippen LogP contribution in [0, 0.1) is 59.2 Å². The predicted octanol–water partition coefficient (Wildman–Crippen LogP) is 17.0. The Labute approximate surface area is 384 Å². The van der Waals surface area contributed by atoms with Gasteiger partial charge in [-0.3, -0.25) is 0 Å². The van der Waals surface area contributed by atoms with Gasteiger partial charge in [0.05, 0.1) is 12.2 Å². The second-order valence-electron chi connectivity index (χ2n) is 22.5. The van der Waals surface area contributed by atoms with Crippen LogP contribution in [-0.2, 0) is 14.2 Å². The van der Waals surface area contributed by atoms with E-state index in [9.17, 15) is 10.2 Å². The van der Waals surface area contributed by atoms with Crippen LogP contribution in [0.2, 0.25) is 0 Å². The fraction of sp³-hybridized carbons (Fsp3) is 1.00. The first-order valence-electron chi connectivity index (χ1n) is 27.2. The van der Waals surface area contributed by atoms with E-state index in [1.165, 1.54) is 116 Å². The van der Waals surface area contributed by atoms with E-state index in [1.54, 1.807) is 0 Å². The number of rotatable bonds is 44. The second kappa shape index (κ2) is 39.0. The zero-order valence-electron chi connectivity index (χ0n) is 44.0. The third kappa shape index (κ3) is 38.8. The maximum atomic E-state index is 9.79. The van der Waals surface area contributed by atoms with E-state index in [1.807, 2.05) is 13.8 Å². The molecule has 0 bridgehead atoms. The smallest absolute Gasteiger partial charge is 0.160 e. The molecule has 0 aliphatic carbocycles. The number of aliphatic hydroxyl groups excluding tert-OH is 2. The van der Waals surface area contributed by atoms with Crippen molar-refractivity contribution in [3.63, 3.8) is 0 Å². The second-order valence-corrected chi connectivity index (χ2v) is 22.5. The molecule has 61 heavy (non-hydrogen) atoms. The van der Waals surface area contributed by atoms with Crippen LogP contribution in [-0.4, -0.2) is 48.2 Å². The number of ether oxygens (including phenoxy) is 3. The van der Waals surface area contributed by atoms with Crippen molar-refractivity contribution >= 4 is 0 Å². The van der Waals surface area contributed by atoms with Crippen LogP contribution < -0.4 is 0 Å². The van der Waals surface area contributed by atoms with Gasteiger partial charge in [-0.25, -0.2) is 0 Å². The maximum absolute atomic E-state index is 9.79. The van der Waals surface area contributed by atoms with Gasteiger partial charge in [-0.2, -0.15) is 0 Å². The first kappa shape index (κ1) is 60.8. The molecule has 5 heteroatoms. The van der Waals surface area contributed by atoms with Crippen molar-refractivity contribution < 1.29 is 24.4 Å². The van der Waals surface area contributed by atoms with Crippen LogP contribution in [0.25, 0.3) is 0 Å². The largest absolute Gasteiger partial charge is 0.393 e. The normalized spacial score (nSPS) is 19.3. The molecule has 0 saturated heterocycles. The number of aliphatic hydroxyl groups is 2. The molecule has 0 aliphatic rings. The number of hydrogen-bond donors (Lipinski definition) is 2. The Morgan fingerprint density at radius 1 is 0.295 bits per heavy atom. The summed E-state index contributed by atoms with van der Waals surface area (Å²) in [6.45, 7) is 34.2. The Morgan fingerprint density at radius 3 is 0.836 bits per heavy atom. The fourth-order valence-corrected chi connectivity index (χ4v) is 11.3. The molecule has 14 atom stereocenters. The standard InChI is InChI=1S/C56H114O5/c1-15-17-19-21-23-31-59-55(29-25-27-43(3)33-45(5)35-47(7)37-49(9)39-51(11)41-53(13)57)61-56(60-32-24-22-20-18-16-2)30-26-28-44(4)34-46(6)36-48(8)38-50(10)40-52(12)42-54(14)58/h43-58H,15-42H2,1-14H3. The van der Waals surface area contributed by atoms with Gasteiger partial charge in [0.15, 0.2) is 12.6 Å². The number of unbranched alkanes of at least 4 members (excludes halogenated alkanes) is 8. The minimum absolute atomic E-state index is 0.185. The van der Waals surface area contributed by atoms with Gasteiger partial charge >= 0.3 is 0 Å². The summed E-state index contributed by atoms with van der Waals surface area (Å²) < 4.78 is 20.0. The molecule has 14 unspecified atom stereocenters. The van der Waals surface area contributed by atoms with Crippen molar-refractivity contribution in [2.24, 2.45) is 59.2 Å². The minimum atomic E-state index is -0.190. The van der Waals surface area contributed by atoms with Gasteiger partial charge in [0.25, 0.3) is 0 Å². The van der Waals surface area contributed by atoms with Crippen molar-refractivity contribution in [2.45, 2.75) is 289 Å². The molecule has 0 heterocycles. The van der Waals surface area contributed by atoms with Crippen LogP contribution in [0.4, 0.5) is 0 Å². The lowest BCUT2D eigenvalue weighted by Gasteiger charge is -2.27. The molecule has 0 aliphatic heterocycles. The van der Waals surface area contributed by atoms with E-state index >= 15 is 0 Å². The van der Waals surface area contributed by atoms with Gasteiger partial charge in [-0.15, -0.1) is 0 Å². The van der Waals surface area contributed by atoms with E-state index in [2.05, 4.69) is 83.1 Å². The summed E-state index contributed by atoms with van der Waals surface area (Å²) in [7, 11) is 0. The monoisotopic (exact) mass is 867 g/mol. The Hall–Kier alpha value is -0.200. The fourth-order valence-electron chi connectivity index (χ4n) is 11.3. The van der Waals surface area contributed by atoms with Gasteiger partial charge in [-0.1, -0.05) is 147 Å². The van der Waals surface area contributed by atoms with Crippen molar-refractivity contribution in [3.05, 3.63) is 0 Å². The van der Waals surface area contributed by atoms with Gasteiger partial charge in [-0.05, 0) is 176 Å². The molecule has 2 N–H and O–H groups in total. The van der Waals surface area contributed by atoms with Crippen LogP contribution in [0.15, 0.2) is 0 Å². The molecule has 0 aromatic rings. The molecule has 0 radical (unpaired) electrons. The lowest BCUT2D eigenvalue weighted by atomic mass is 9.82. The SMILES string of the molecule is CCCCCCCOC(CCCC(C)CC(C)CC(C)CC(C)CC(C)CC(C)O)OC(CCCC(C)CC(C)CC(C)CC(C)CC(C)CC(C)O)OCCCCCCC. The van der Waals surface area contributed by atoms with Crippen molar-refractivity contribution in [3.8, 4) is 0 Å². The molecule has 0 rings (SSSR count). The average molecular weight is 868 g/mol. The Kier molecular flexibility index (Phi) is 38.9. The van der Waals surface area contributed by atoms with Gasteiger partial charge in [0.1, 0.15) is 0 Å². The van der Waals surface area contributed by atoms with Crippen LogP contribution >= 0.6 is 0 Å². The summed E-state index contributed by atoms with van der Waals surface area (Å²) in [4.78, 5) is 0. The van der Waals surface area contributed by atoms with Crippen LogP contribution in [0.1, 0.15) is 264 Å². The summed E-state index contributed by atoms with van der Waals surface area (Å²) in [5, 5.41) is 19.6. The van der Waals surface area contributed by atoms with Crippen molar-refractivity contribution in [1.29, 1.82) is 0 Å². The highest BCUT2D eigenvalue weighted by atomic mass is 16.8. The van der Waals surface area contributed by atoms with Crippen molar-refractivity contribution in [2.75, 3.05) is 13.2 Å². The van der Waals surface area contributed by atoms with Gasteiger partial charge in [0.2, 0.25) is 0 Å². The molecule has 0 spiro atoms. The quantitative estimate of drug-likeness (QED) is 0.0472. The van der Waals surface area contributed by atoms with Crippen molar-refractivity contribution in [1.82, 2.24) is 0 Å². The predicted molar refractivity (Wildman–Crippen MR) is 267 cm³/mol. The zero-order chi connectivity index (χ0) is 46.0. The molecule has 0 aromatic carbocycles. The lowest BCUT2D eigenvalue weighted by molar-refractivity contribution is -0.250. The summed E-state index contributed by atoms with van der Waals surface area (Å²) in [6.07, 6.45) is 30.4. The molecule has 5 nitrogen and oxygen atoms in total. The summed E-state index contributed by atoms with van der Waals surface area (Å²) >= 11 is 0. The Balaban J connectivity index is 5.23. The average Bonchev–Trinajstić information content (AvgIpc) is 3.12. The molecule has 0 aromatic heterocycles. The summed E-state index contributed by atoms with van der Waals surface area (Å²) in [6, 6.07) is 0. The molecule has 0 fully saturated rings. The van der Waals surface area contributed by atoms with E-state index in [0.717, 1.165) is 100 Å².